The number of hydrogen-bond acceptors (Lipinski definition) is 6. The lowest BCUT2D eigenvalue weighted by atomic mass is 10.1. The van der Waals surface area contributed by atoms with Crippen molar-refractivity contribution in [1.82, 2.24) is 9.97 Å². The van der Waals surface area contributed by atoms with Gasteiger partial charge in [-0.3, -0.25) is 4.98 Å². The van der Waals surface area contributed by atoms with Crippen molar-refractivity contribution in [3.63, 3.8) is 0 Å². The zero-order valence-electron chi connectivity index (χ0n) is 18.5. The zero-order valence-corrected chi connectivity index (χ0v) is 18.5. The van der Waals surface area contributed by atoms with Crippen molar-refractivity contribution in [3.8, 4) is 17.2 Å². The summed E-state index contributed by atoms with van der Waals surface area (Å²) >= 11 is 0. The van der Waals surface area contributed by atoms with Crippen LogP contribution in [0.3, 0.4) is 0 Å². The summed E-state index contributed by atoms with van der Waals surface area (Å²) in [6, 6.07) is 24.5. The predicted molar refractivity (Wildman–Crippen MR) is 131 cm³/mol. The molecule has 0 unspecified atom stereocenters. The number of rotatable bonds is 5. The molecule has 1 N–H and O–H groups in total. The molecule has 0 aliphatic carbocycles. The standard InChI is InChI=1S/C27H25N5O/c1-19-17-32(25-10-9-22(15-28)27-24(25)8-5-12-30-27)18-23(33-19)16-31-26-14-21(11-13-29-26)20-6-3-2-4-7-20/h2-14,19,23H,16-18H2,1H3,(H,29,31)/t19-,23-/m1/s1. The number of morpholine rings is 1. The van der Waals surface area contributed by atoms with Crippen molar-refractivity contribution in [3.05, 3.63) is 84.7 Å². The third kappa shape index (κ3) is 4.50. The van der Waals surface area contributed by atoms with E-state index in [1.54, 1.807) is 6.20 Å². The highest BCUT2D eigenvalue weighted by molar-refractivity contribution is 5.95. The van der Waals surface area contributed by atoms with Gasteiger partial charge < -0.3 is 15.0 Å². The summed E-state index contributed by atoms with van der Waals surface area (Å²) in [6.45, 7) is 4.27. The lowest BCUT2D eigenvalue weighted by Gasteiger charge is -2.38. The van der Waals surface area contributed by atoms with Crippen LogP contribution >= 0.6 is 0 Å². The van der Waals surface area contributed by atoms with E-state index >= 15 is 0 Å². The number of nitriles is 1. The Morgan fingerprint density at radius 3 is 2.73 bits per heavy atom. The Labute approximate surface area is 193 Å². The quantitative estimate of drug-likeness (QED) is 0.482. The Hall–Kier alpha value is -3.95. The Kier molecular flexibility index (Phi) is 5.88. The molecule has 2 aromatic carbocycles. The highest BCUT2D eigenvalue weighted by Gasteiger charge is 2.27. The number of nitrogens with one attached hydrogen (secondary N) is 1. The summed E-state index contributed by atoms with van der Waals surface area (Å²) in [5.41, 5.74) is 4.72. The van der Waals surface area contributed by atoms with Crippen molar-refractivity contribution in [2.75, 3.05) is 29.9 Å². The van der Waals surface area contributed by atoms with Crippen molar-refractivity contribution in [1.29, 1.82) is 5.26 Å². The maximum absolute atomic E-state index is 9.45. The summed E-state index contributed by atoms with van der Waals surface area (Å²) in [6.07, 6.45) is 3.64. The van der Waals surface area contributed by atoms with Gasteiger partial charge in [-0.25, -0.2) is 4.98 Å². The van der Waals surface area contributed by atoms with Gasteiger partial charge in [-0.2, -0.15) is 5.26 Å². The van der Waals surface area contributed by atoms with Crippen LogP contribution in [0.15, 0.2) is 79.1 Å². The van der Waals surface area contributed by atoms with Crippen LogP contribution in [0.25, 0.3) is 22.0 Å². The van der Waals surface area contributed by atoms with E-state index in [0.29, 0.717) is 12.1 Å². The zero-order chi connectivity index (χ0) is 22.6. The van der Waals surface area contributed by atoms with Crippen LogP contribution in [0, 0.1) is 11.3 Å². The van der Waals surface area contributed by atoms with Gasteiger partial charge in [0, 0.05) is 43.1 Å². The summed E-state index contributed by atoms with van der Waals surface area (Å²) < 4.78 is 6.23. The lowest BCUT2D eigenvalue weighted by Crippen LogP contribution is -2.49. The van der Waals surface area contributed by atoms with E-state index in [0.717, 1.165) is 46.6 Å². The number of nitrogens with zero attached hydrogens (tertiary/aromatic N) is 4. The molecule has 1 aliphatic rings. The number of anilines is 2. The topological polar surface area (TPSA) is 74.1 Å². The minimum absolute atomic E-state index is 0.00158. The van der Waals surface area contributed by atoms with Gasteiger partial charge in [-0.15, -0.1) is 0 Å². The molecule has 3 heterocycles. The van der Waals surface area contributed by atoms with E-state index in [1.165, 1.54) is 0 Å². The molecule has 4 aromatic rings. The molecule has 5 rings (SSSR count). The number of benzene rings is 2. The van der Waals surface area contributed by atoms with Gasteiger partial charge >= 0.3 is 0 Å². The molecule has 2 atom stereocenters. The fraction of sp³-hybridized carbons (Fsp3) is 0.222. The molecule has 0 amide bonds. The number of fused-ring (bicyclic) bond motifs is 1. The Balaban J connectivity index is 1.33. The molecule has 6 nitrogen and oxygen atoms in total. The fourth-order valence-electron chi connectivity index (χ4n) is 4.43. The van der Waals surface area contributed by atoms with Gasteiger partial charge in [0.25, 0.3) is 0 Å². The Bertz CT molecular complexity index is 1300. The Morgan fingerprint density at radius 2 is 1.88 bits per heavy atom. The van der Waals surface area contributed by atoms with Crippen LogP contribution < -0.4 is 10.2 Å². The molecule has 1 saturated heterocycles. The van der Waals surface area contributed by atoms with Gasteiger partial charge in [0.15, 0.2) is 0 Å². The minimum atomic E-state index is -0.00158. The summed E-state index contributed by atoms with van der Waals surface area (Å²) in [7, 11) is 0. The largest absolute Gasteiger partial charge is 0.370 e. The molecule has 0 bridgehead atoms. The van der Waals surface area contributed by atoms with Gasteiger partial charge in [-0.1, -0.05) is 30.3 Å². The average Bonchev–Trinajstić information content (AvgIpc) is 2.87. The second-order valence-corrected chi connectivity index (χ2v) is 8.29. The van der Waals surface area contributed by atoms with E-state index in [1.807, 2.05) is 54.7 Å². The smallest absolute Gasteiger partial charge is 0.126 e. The highest BCUT2D eigenvalue weighted by atomic mass is 16.5. The normalized spacial score (nSPS) is 18.1. The molecule has 2 aromatic heterocycles. The average molecular weight is 436 g/mol. The molecule has 6 heteroatoms. The third-order valence-electron chi connectivity index (χ3n) is 5.91. The third-order valence-corrected chi connectivity index (χ3v) is 5.91. The van der Waals surface area contributed by atoms with Crippen LogP contribution in [-0.2, 0) is 4.74 Å². The van der Waals surface area contributed by atoms with Crippen LogP contribution in [0.1, 0.15) is 12.5 Å². The van der Waals surface area contributed by atoms with Gasteiger partial charge in [0.2, 0.25) is 0 Å². The summed E-state index contributed by atoms with van der Waals surface area (Å²) in [5.74, 6) is 0.831. The van der Waals surface area contributed by atoms with Crippen LogP contribution in [0.5, 0.6) is 0 Å². The van der Waals surface area contributed by atoms with E-state index < -0.39 is 0 Å². The van der Waals surface area contributed by atoms with Gasteiger partial charge in [-0.05, 0) is 54.4 Å². The summed E-state index contributed by atoms with van der Waals surface area (Å²) in [5, 5.41) is 13.9. The first-order chi connectivity index (χ1) is 16.2. The van der Waals surface area contributed by atoms with Crippen LogP contribution in [0.2, 0.25) is 0 Å². The highest BCUT2D eigenvalue weighted by Crippen LogP contribution is 2.30. The molecule has 164 valence electrons. The maximum Gasteiger partial charge on any atom is 0.126 e. The van der Waals surface area contributed by atoms with Crippen molar-refractivity contribution in [2.45, 2.75) is 19.1 Å². The lowest BCUT2D eigenvalue weighted by molar-refractivity contribution is -0.00823. The fourth-order valence-corrected chi connectivity index (χ4v) is 4.43. The first kappa shape index (κ1) is 20.9. The Morgan fingerprint density at radius 1 is 1.00 bits per heavy atom. The molecular formula is C27H25N5O. The van der Waals surface area contributed by atoms with E-state index in [-0.39, 0.29) is 12.2 Å². The van der Waals surface area contributed by atoms with Crippen molar-refractivity contribution < 1.29 is 4.74 Å². The first-order valence-electron chi connectivity index (χ1n) is 11.1. The molecule has 0 radical (unpaired) electrons. The number of aromatic nitrogens is 2. The van der Waals surface area contributed by atoms with Crippen LogP contribution in [-0.4, -0.2) is 41.8 Å². The molecule has 33 heavy (non-hydrogen) atoms. The molecule has 0 spiro atoms. The number of pyridine rings is 2. The van der Waals surface area contributed by atoms with E-state index in [2.05, 4.69) is 51.4 Å². The second kappa shape index (κ2) is 9.27. The predicted octanol–water partition coefficient (Wildman–Crippen LogP) is 4.87. The molecule has 1 aliphatic heterocycles. The number of ether oxygens (including phenoxy) is 1. The maximum atomic E-state index is 9.45. The number of hydrogen-bond donors (Lipinski definition) is 1. The minimum Gasteiger partial charge on any atom is -0.370 e. The van der Waals surface area contributed by atoms with Gasteiger partial charge in [0.1, 0.15) is 11.9 Å². The summed E-state index contributed by atoms with van der Waals surface area (Å²) in [4.78, 5) is 11.3. The SMILES string of the molecule is C[C@@H]1CN(c2ccc(C#N)c3ncccc23)C[C@@H](CNc2cc(-c3ccccc3)ccn2)O1. The first-order valence-corrected chi connectivity index (χ1v) is 11.1. The van der Waals surface area contributed by atoms with Crippen molar-refractivity contribution >= 4 is 22.4 Å². The molecule has 1 fully saturated rings. The molecular weight excluding hydrogens is 410 g/mol. The molecule has 0 saturated carbocycles. The monoisotopic (exact) mass is 435 g/mol. The second-order valence-electron chi connectivity index (χ2n) is 8.29. The van der Waals surface area contributed by atoms with Crippen LogP contribution in [0.4, 0.5) is 11.5 Å². The van der Waals surface area contributed by atoms with E-state index in [4.69, 9.17) is 4.74 Å². The van der Waals surface area contributed by atoms with Crippen molar-refractivity contribution in [2.24, 2.45) is 0 Å². The van der Waals surface area contributed by atoms with Gasteiger partial charge in [0.05, 0.1) is 23.3 Å². The van der Waals surface area contributed by atoms with E-state index in [9.17, 15) is 5.26 Å².